The summed E-state index contributed by atoms with van der Waals surface area (Å²) in [6.07, 6.45) is 0. The Balaban J connectivity index is 1.57. The zero-order valence-electron chi connectivity index (χ0n) is 21.0. The minimum absolute atomic E-state index is 0.737. The lowest BCUT2D eigenvalue weighted by Gasteiger charge is -2.20. The SMILES string of the molecule is N#Cc1ccc(-c2ccc3c4c(cccc24)-c2c-3c(-c3ccccc3)c3ccccc3c2-c2ccccc2)s1. The summed E-state index contributed by atoms with van der Waals surface area (Å²) in [6.45, 7) is 0. The van der Waals surface area contributed by atoms with Crippen LogP contribution in [0.3, 0.4) is 0 Å². The molecule has 1 aliphatic carbocycles. The van der Waals surface area contributed by atoms with Crippen LogP contribution in [0.5, 0.6) is 0 Å². The molecule has 39 heavy (non-hydrogen) atoms. The summed E-state index contributed by atoms with van der Waals surface area (Å²) in [5, 5.41) is 14.5. The minimum atomic E-state index is 0.737. The molecule has 0 radical (unpaired) electrons. The van der Waals surface area contributed by atoms with Gasteiger partial charge < -0.3 is 0 Å². The molecular formula is C37H21NS. The molecule has 0 saturated heterocycles. The lowest BCUT2D eigenvalue weighted by molar-refractivity contribution is 1.52. The fourth-order valence-electron chi connectivity index (χ4n) is 6.37. The van der Waals surface area contributed by atoms with Crippen LogP contribution in [0.1, 0.15) is 4.88 Å². The van der Waals surface area contributed by atoms with Crippen molar-refractivity contribution >= 4 is 32.9 Å². The van der Waals surface area contributed by atoms with E-state index in [1.54, 1.807) is 11.3 Å². The molecule has 0 amide bonds. The van der Waals surface area contributed by atoms with E-state index in [1.165, 1.54) is 71.6 Å². The van der Waals surface area contributed by atoms with Gasteiger partial charge in [0.2, 0.25) is 0 Å². The Morgan fingerprint density at radius 2 is 0.974 bits per heavy atom. The molecule has 1 nitrogen and oxygen atoms in total. The maximum absolute atomic E-state index is 9.46. The summed E-state index contributed by atoms with van der Waals surface area (Å²) >= 11 is 1.56. The molecule has 0 atom stereocenters. The first-order valence-corrected chi connectivity index (χ1v) is 13.9. The number of fused-ring (bicyclic) bond motifs is 4. The lowest BCUT2D eigenvalue weighted by atomic mass is 9.82. The number of nitrogens with zero attached hydrogens (tertiary/aromatic N) is 1. The molecule has 0 bridgehead atoms. The van der Waals surface area contributed by atoms with Crippen molar-refractivity contribution in [3.05, 3.63) is 132 Å². The Bertz CT molecular complexity index is 2020. The predicted molar refractivity (Wildman–Crippen MR) is 165 cm³/mol. The van der Waals surface area contributed by atoms with Gasteiger partial charge in [-0.1, -0.05) is 115 Å². The average molecular weight is 512 g/mol. The smallest absolute Gasteiger partial charge is 0.110 e. The summed E-state index contributed by atoms with van der Waals surface area (Å²) in [5.74, 6) is 0. The summed E-state index contributed by atoms with van der Waals surface area (Å²) in [7, 11) is 0. The first-order chi connectivity index (χ1) is 19.3. The van der Waals surface area contributed by atoms with Crippen LogP contribution in [0.4, 0.5) is 0 Å². The van der Waals surface area contributed by atoms with Gasteiger partial charge in [-0.3, -0.25) is 0 Å². The topological polar surface area (TPSA) is 23.8 Å². The van der Waals surface area contributed by atoms with Crippen LogP contribution < -0.4 is 0 Å². The van der Waals surface area contributed by atoms with Crippen molar-refractivity contribution in [1.82, 2.24) is 0 Å². The second kappa shape index (κ2) is 8.53. The van der Waals surface area contributed by atoms with Crippen molar-refractivity contribution < 1.29 is 0 Å². The lowest BCUT2D eigenvalue weighted by Crippen LogP contribution is -1.93. The number of hydrogen-bond donors (Lipinski definition) is 0. The summed E-state index contributed by atoms with van der Waals surface area (Å²) in [5.41, 5.74) is 11.4. The van der Waals surface area contributed by atoms with Gasteiger partial charge in [-0.15, -0.1) is 11.3 Å². The van der Waals surface area contributed by atoms with Crippen LogP contribution in [-0.2, 0) is 0 Å². The number of nitriles is 1. The first-order valence-electron chi connectivity index (χ1n) is 13.1. The van der Waals surface area contributed by atoms with Gasteiger partial charge in [0.05, 0.1) is 0 Å². The quantitative estimate of drug-likeness (QED) is 0.231. The zero-order chi connectivity index (χ0) is 25.9. The van der Waals surface area contributed by atoms with E-state index < -0.39 is 0 Å². The molecule has 0 saturated carbocycles. The molecule has 180 valence electrons. The Morgan fingerprint density at radius 1 is 0.436 bits per heavy atom. The van der Waals surface area contributed by atoms with E-state index in [2.05, 4.69) is 127 Å². The molecule has 0 spiro atoms. The van der Waals surface area contributed by atoms with Crippen LogP contribution in [0.2, 0.25) is 0 Å². The predicted octanol–water partition coefficient (Wildman–Crippen LogP) is 10.6. The fraction of sp³-hybridized carbons (Fsp3) is 0. The van der Waals surface area contributed by atoms with Gasteiger partial charge in [0.1, 0.15) is 10.9 Å². The van der Waals surface area contributed by atoms with Gasteiger partial charge in [-0.2, -0.15) is 5.26 Å². The third-order valence-electron chi connectivity index (χ3n) is 7.90. The Hall–Kier alpha value is -4.97. The molecule has 8 rings (SSSR count). The highest BCUT2D eigenvalue weighted by Crippen LogP contribution is 2.58. The molecule has 7 aromatic rings. The van der Waals surface area contributed by atoms with E-state index in [9.17, 15) is 5.26 Å². The molecule has 1 aromatic heterocycles. The van der Waals surface area contributed by atoms with Crippen molar-refractivity contribution in [2.45, 2.75) is 0 Å². The van der Waals surface area contributed by atoms with Crippen molar-refractivity contribution in [3.8, 4) is 61.0 Å². The number of rotatable bonds is 3. The molecule has 0 aliphatic heterocycles. The second-order valence-corrected chi connectivity index (χ2v) is 11.0. The molecule has 6 aromatic carbocycles. The van der Waals surface area contributed by atoms with E-state index in [0.717, 1.165) is 9.75 Å². The van der Waals surface area contributed by atoms with Crippen molar-refractivity contribution in [2.24, 2.45) is 0 Å². The highest BCUT2D eigenvalue weighted by atomic mass is 32.1. The molecule has 0 fully saturated rings. The minimum Gasteiger partial charge on any atom is -0.192 e. The normalized spacial score (nSPS) is 11.6. The summed E-state index contributed by atoms with van der Waals surface area (Å²) in [6, 6.07) is 48.0. The van der Waals surface area contributed by atoms with Gasteiger partial charge >= 0.3 is 0 Å². The van der Waals surface area contributed by atoms with Gasteiger partial charge in [0.25, 0.3) is 0 Å². The molecule has 1 aliphatic rings. The second-order valence-electron chi connectivity index (χ2n) is 9.94. The van der Waals surface area contributed by atoms with Crippen LogP contribution in [0.15, 0.2) is 127 Å². The fourth-order valence-corrected chi connectivity index (χ4v) is 7.21. The molecule has 2 heteroatoms. The molecular weight excluding hydrogens is 490 g/mol. The summed E-state index contributed by atoms with van der Waals surface area (Å²) < 4.78 is 0. The Labute approximate surface area is 230 Å². The number of thiophene rings is 1. The van der Waals surface area contributed by atoms with E-state index in [4.69, 9.17) is 0 Å². The van der Waals surface area contributed by atoms with Crippen LogP contribution in [0, 0.1) is 11.3 Å². The highest BCUT2D eigenvalue weighted by molar-refractivity contribution is 7.16. The van der Waals surface area contributed by atoms with E-state index in [1.807, 2.05) is 6.07 Å². The molecule has 1 heterocycles. The maximum Gasteiger partial charge on any atom is 0.110 e. The third-order valence-corrected chi connectivity index (χ3v) is 8.92. The molecule has 0 unspecified atom stereocenters. The summed E-state index contributed by atoms with van der Waals surface area (Å²) in [4.78, 5) is 1.86. The Morgan fingerprint density at radius 3 is 1.56 bits per heavy atom. The zero-order valence-corrected chi connectivity index (χ0v) is 21.8. The maximum atomic E-state index is 9.46. The average Bonchev–Trinajstić information content (AvgIpc) is 3.61. The first kappa shape index (κ1) is 22.1. The van der Waals surface area contributed by atoms with Crippen molar-refractivity contribution in [2.75, 3.05) is 0 Å². The van der Waals surface area contributed by atoms with E-state index in [-0.39, 0.29) is 0 Å². The molecule has 0 N–H and O–H groups in total. The Kier molecular flexibility index (Phi) is 4.82. The van der Waals surface area contributed by atoms with Gasteiger partial charge in [-0.05, 0) is 83.7 Å². The van der Waals surface area contributed by atoms with E-state index >= 15 is 0 Å². The monoisotopic (exact) mass is 511 g/mol. The van der Waals surface area contributed by atoms with Gasteiger partial charge in [-0.25, -0.2) is 0 Å². The largest absolute Gasteiger partial charge is 0.192 e. The number of benzene rings is 6. The van der Waals surface area contributed by atoms with Crippen LogP contribution >= 0.6 is 11.3 Å². The van der Waals surface area contributed by atoms with Crippen molar-refractivity contribution in [3.63, 3.8) is 0 Å². The number of hydrogen-bond acceptors (Lipinski definition) is 2. The third kappa shape index (κ3) is 3.18. The van der Waals surface area contributed by atoms with Gasteiger partial charge in [0.15, 0.2) is 0 Å². The van der Waals surface area contributed by atoms with Gasteiger partial charge in [0, 0.05) is 4.88 Å². The van der Waals surface area contributed by atoms with Crippen molar-refractivity contribution in [1.29, 1.82) is 5.26 Å². The standard InChI is InChI=1S/C37H21NS/c38-22-25-18-21-32(39-25)26-19-20-31-35-27(26)16-9-17-30(35)36-33(23-10-3-1-4-11-23)28-14-7-8-15-29(28)34(37(31)36)24-12-5-2-6-13-24/h1-21H. The highest BCUT2D eigenvalue weighted by Gasteiger charge is 2.31. The van der Waals surface area contributed by atoms with Crippen LogP contribution in [0.25, 0.3) is 76.5 Å². The van der Waals surface area contributed by atoms with Crippen LogP contribution in [-0.4, -0.2) is 0 Å². The van der Waals surface area contributed by atoms with E-state index in [0.29, 0.717) is 0 Å².